The lowest BCUT2D eigenvalue weighted by molar-refractivity contribution is -0.193. The number of fused-ring (bicyclic) bond motifs is 1. The third kappa shape index (κ3) is 21.2. The Morgan fingerprint density at radius 2 is 1.51 bits per heavy atom. The van der Waals surface area contributed by atoms with E-state index < -0.39 is 120 Å². The van der Waals surface area contributed by atoms with Gasteiger partial charge in [-0.15, -0.1) is 0 Å². The van der Waals surface area contributed by atoms with E-state index in [-0.39, 0.29) is 105 Å². The van der Waals surface area contributed by atoms with Crippen molar-refractivity contribution in [2.75, 3.05) is 44.3 Å². The van der Waals surface area contributed by atoms with Crippen LogP contribution in [-0.4, -0.2) is 182 Å². The number of amides is 6. The van der Waals surface area contributed by atoms with E-state index in [1.54, 1.807) is 6.92 Å². The number of phosphoric ester groups is 1. The molecule has 3 fully saturated rings. The minimum absolute atomic E-state index is 0.0175. The molecule has 39 heteroatoms. The van der Waals surface area contributed by atoms with Crippen LogP contribution < -0.4 is 32.6 Å². The Morgan fingerprint density at radius 3 is 2.09 bits per heavy atom. The van der Waals surface area contributed by atoms with E-state index in [4.69, 9.17) is 39.4 Å². The van der Waals surface area contributed by atoms with Crippen molar-refractivity contribution in [1.29, 1.82) is 0 Å². The molecule has 9 atom stereocenters. The zero-order chi connectivity index (χ0) is 59.4. The molecule has 0 spiro atoms. The lowest BCUT2D eigenvalue weighted by Crippen LogP contribution is -2.58. The number of nitrogen functional groups attached to an aromatic ring is 1. The van der Waals surface area contributed by atoms with Gasteiger partial charge in [0.2, 0.25) is 41.4 Å². The summed E-state index contributed by atoms with van der Waals surface area (Å²) in [4.78, 5) is 183. The zero-order valence-electron chi connectivity index (χ0n) is 42.0. The average Bonchev–Trinajstić information content (AvgIpc) is 4.16. The van der Waals surface area contributed by atoms with Crippen LogP contribution in [0.15, 0.2) is 11.0 Å². The number of likely N-dealkylation sites (N-methyl/N-ethyl adjacent to an activating group) is 1. The number of H-pyrrole nitrogens is 1. The number of unbranched alkanes of at least 4 members (excludes halogenated alkanes) is 1. The maximum Gasteiger partial charge on any atom is 0.490 e. The molecule has 3 aliphatic rings. The van der Waals surface area contributed by atoms with Crippen molar-refractivity contribution in [2.45, 2.75) is 121 Å². The van der Waals surface area contributed by atoms with Crippen molar-refractivity contribution in [3.8, 4) is 0 Å². The summed E-state index contributed by atoms with van der Waals surface area (Å²) in [6, 6.07) is -4.67. The summed E-state index contributed by atoms with van der Waals surface area (Å²) in [5.74, 6) is -5.01. The molecule has 2 aromatic rings. The fraction of sp³-hybridized carbons (Fsp3) is 0.625. The van der Waals surface area contributed by atoms with Gasteiger partial charge in [-0.05, 0) is 63.8 Å². The van der Waals surface area contributed by atoms with Crippen LogP contribution in [0.4, 0.5) is 5.95 Å². The molecule has 3 aliphatic heterocycles. The minimum atomic E-state index is -5.83. The molecule has 3 saturated heterocycles. The van der Waals surface area contributed by atoms with Crippen molar-refractivity contribution in [1.82, 2.24) is 45.0 Å². The highest BCUT2D eigenvalue weighted by Gasteiger charge is 2.44. The third-order valence-corrected chi connectivity index (χ3v) is 16.3. The van der Waals surface area contributed by atoms with Crippen molar-refractivity contribution in [2.24, 2.45) is 0 Å². The van der Waals surface area contributed by atoms with Crippen LogP contribution in [0.5, 0.6) is 0 Å². The van der Waals surface area contributed by atoms with Gasteiger partial charge in [-0.2, -0.15) is 27.8 Å². The molecular weight excluding hydrogens is 1150 g/mol. The first-order valence-electron chi connectivity index (χ1n) is 23.6. The second-order valence-corrected chi connectivity index (χ2v) is 22.7. The molecule has 35 nitrogen and oxygen atoms in total. The largest absolute Gasteiger partial charge is 0.490 e. The number of phosphoric acid groups is 3. The minimum Gasteiger partial charge on any atom is -0.481 e. The number of aliphatic hydroxyl groups excluding tert-OH is 1. The molecule has 0 bridgehead atoms. The van der Waals surface area contributed by atoms with Crippen molar-refractivity contribution in [3.63, 3.8) is 0 Å². The average molecular weight is 1200 g/mol. The number of carbonyl (C=O) groups is 7. The number of hydrogen-bond acceptors (Lipinski definition) is 23. The first-order valence-corrected chi connectivity index (χ1v) is 29.1. The van der Waals surface area contributed by atoms with Gasteiger partial charge < -0.3 is 71.3 Å². The molecule has 2 aromatic heterocycles. The Balaban J connectivity index is 0.00000261. The van der Waals surface area contributed by atoms with Gasteiger partial charge in [0.1, 0.15) is 41.3 Å². The molecule has 0 radical (unpaired) electrons. The van der Waals surface area contributed by atoms with Gasteiger partial charge in [0, 0.05) is 63.5 Å². The van der Waals surface area contributed by atoms with Gasteiger partial charge >= 0.3 is 41.7 Å². The van der Waals surface area contributed by atoms with E-state index in [9.17, 15) is 72.1 Å². The van der Waals surface area contributed by atoms with Gasteiger partial charge in [-0.3, -0.25) is 51.8 Å². The Kier molecular flexibility index (Phi) is 26.4. The summed E-state index contributed by atoms with van der Waals surface area (Å²) in [7, 11) is -17.0. The number of aliphatic hydroxyl groups is 1. The first kappa shape index (κ1) is 67.2. The smallest absolute Gasteiger partial charge is 0.481 e. The number of likely N-dealkylation sites (tertiary alicyclic amines) is 2. The lowest BCUT2D eigenvalue weighted by atomic mass is 10.1. The molecule has 0 saturated carbocycles. The summed E-state index contributed by atoms with van der Waals surface area (Å²) in [6.45, 7) is 2.79. The van der Waals surface area contributed by atoms with Crippen LogP contribution in [0.2, 0.25) is 0 Å². The molecule has 79 heavy (non-hydrogen) atoms. The second kappa shape index (κ2) is 31.1. The number of aromatic amines is 1. The number of hydrogen-bond donors (Lipinski definition) is 12. The molecule has 0 aliphatic carbocycles. The molecule has 440 valence electrons. The van der Waals surface area contributed by atoms with Gasteiger partial charge in [0.05, 0.1) is 25.2 Å². The highest BCUT2D eigenvalue weighted by Crippen LogP contribution is 2.66. The molecule has 5 heterocycles. The highest BCUT2D eigenvalue weighted by atomic mass is 32.2. The maximum atomic E-state index is 14.2. The van der Waals surface area contributed by atoms with E-state index >= 15 is 0 Å². The van der Waals surface area contributed by atoms with E-state index in [2.05, 4.69) is 44.4 Å². The summed E-state index contributed by atoms with van der Waals surface area (Å²) in [6.07, 6.45) is -0.927. The monoisotopic (exact) mass is 1200 g/mol. The number of carbonyl (C=O) groups excluding carboxylic acids is 10. The Bertz CT molecular complexity index is 2790. The number of carboxylic acid groups (broad SMARTS) is 1. The maximum absolute atomic E-state index is 14.2. The number of nitrogens with two attached hydrogens (primary N) is 1. The molecule has 5 rings (SSSR count). The van der Waals surface area contributed by atoms with Crippen molar-refractivity contribution >= 4 is 106 Å². The molecule has 6 amide bonds. The first-order chi connectivity index (χ1) is 37.0. The third-order valence-electron chi connectivity index (χ3n) is 11.6. The number of nitrogens with zero attached hydrogens (tertiary/aromatic N) is 4. The molecular formula is C40H59N10O25P3S. The van der Waals surface area contributed by atoms with E-state index in [1.165, 1.54) is 26.9 Å². The van der Waals surface area contributed by atoms with Crippen molar-refractivity contribution in [3.05, 3.63) is 22.1 Å². The Morgan fingerprint density at radius 1 is 0.911 bits per heavy atom. The standard InChI is InChI=1S/C38H59N10O21P3S.2CO2/c1-3-40-33(54)23(16-30(52)53)43-35(56)25-10-7-14-47(25)37(58)22(8-4-5-12-41-20(2)49)42-34(55)24-9-6-13-46(24)29(51)11-15-73-48-18-21(31-32(48)36(57)45-38(39)44-31)27-17-26(50)28(67-27)19-66-71(62,63)69-72(64,65)68-70(59,60)61;2*2-1-3/h18,22-28,50H,3-17,19H2,1-2H3,(H,40,54)(H,41,49)(H,42,55)(H,43,56)(H,52,53)(H,62,63)(H,64,65)(H2,59,60,61)(H3,39,44,45,57);;/t22?,23?,24?,25?,26-,27-,28-;;/m1../s1. The van der Waals surface area contributed by atoms with Crippen molar-refractivity contribution < 1.29 is 114 Å². The van der Waals surface area contributed by atoms with Crippen LogP contribution >= 0.6 is 35.4 Å². The van der Waals surface area contributed by atoms with E-state index in [0.29, 0.717) is 25.7 Å². The van der Waals surface area contributed by atoms with Crippen LogP contribution in [0, 0.1) is 0 Å². The van der Waals surface area contributed by atoms with Gasteiger partial charge in [-0.1, -0.05) is 0 Å². The van der Waals surface area contributed by atoms with Crippen LogP contribution in [0.3, 0.4) is 0 Å². The normalized spacial score (nSPS) is 21.0. The predicted octanol–water partition coefficient (Wildman–Crippen LogP) is -2.57. The summed E-state index contributed by atoms with van der Waals surface area (Å²) in [5, 5.41) is 30.5. The highest BCUT2D eigenvalue weighted by molar-refractivity contribution is 7.98. The van der Waals surface area contributed by atoms with E-state index in [0.717, 1.165) is 11.9 Å². The number of ether oxygens (including phenoxy) is 1. The SMILES string of the molecule is CCNC(=O)C(CC(=O)O)NC(=O)C1CCCN1C(=O)C(CCCCNC(C)=O)NC(=O)C1CCCN1C(=O)CCSn1cc([C@H]2C[C@@H](O)[C@@H](COP(=O)(O)OP(=O)(O)OP(=O)(O)O)O2)c2nc(N)[nH]c(=O)c21.O=C=O.O=C=O. The van der Waals surface area contributed by atoms with Crippen LogP contribution in [-0.2, 0) is 84.3 Å². The summed E-state index contributed by atoms with van der Waals surface area (Å²) < 4.78 is 54.2. The Labute approximate surface area is 450 Å². The second-order valence-electron chi connectivity index (χ2n) is 17.2. The molecule has 0 aromatic carbocycles. The number of aromatic nitrogens is 3. The predicted molar refractivity (Wildman–Crippen MR) is 262 cm³/mol. The number of rotatable bonds is 26. The number of carboxylic acids is 1. The lowest BCUT2D eigenvalue weighted by Gasteiger charge is -2.31. The Hall–Kier alpha value is -6.05. The van der Waals surface area contributed by atoms with Crippen LogP contribution in [0.25, 0.3) is 11.0 Å². The van der Waals surface area contributed by atoms with E-state index in [1.807, 2.05) is 0 Å². The number of aliphatic carboxylic acids is 1. The molecule has 6 unspecified atom stereocenters. The molecule has 13 N–H and O–H groups in total. The topological polar surface area (TPSA) is 529 Å². The summed E-state index contributed by atoms with van der Waals surface area (Å²) >= 11 is 0.987. The van der Waals surface area contributed by atoms with Crippen LogP contribution in [0.1, 0.15) is 89.7 Å². The van der Waals surface area contributed by atoms with Gasteiger partial charge in [0.25, 0.3) is 5.56 Å². The summed E-state index contributed by atoms with van der Waals surface area (Å²) in [5.41, 5.74) is 5.32. The number of nitrogens with one attached hydrogen (secondary N) is 5. The van der Waals surface area contributed by atoms with Gasteiger partial charge in [0.15, 0.2) is 0 Å². The van der Waals surface area contributed by atoms with Gasteiger partial charge in [-0.25, -0.2) is 18.7 Å². The fourth-order valence-electron chi connectivity index (χ4n) is 8.46. The number of anilines is 1. The fourth-order valence-corrected chi connectivity index (χ4v) is 12.4. The quantitative estimate of drug-likeness (QED) is 0.0340. The zero-order valence-corrected chi connectivity index (χ0v) is 45.5.